The highest BCUT2D eigenvalue weighted by Gasteiger charge is 2.24. The fourth-order valence-corrected chi connectivity index (χ4v) is 2.96. The van der Waals surface area contributed by atoms with Crippen molar-refractivity contribution in [2.75, 3.05) is 6.61 Å². The fraction of sp³-hybridized carbons (Fsp3) is 0.100. The summed E-state index contributed by atoms with van der Waals surface area (Å²) in [5, 5.41) is 8.12. The summed E-state index contributed by atoms with van der Waals surface area (Å²) < 4.78 is 5.19. The van der Waals surface area contributed by atoms with Crippen molar-refractivity contribution in [3.63, 3.8) is 0 Å². The molecule has 0 atom stereocenters. The maximum Gasteiger partial charge on any atom is 0.359 e. The molecule has 0 saturated carbocycles. The Balaban J connectivity index is 2.01. The van der Waals surface area contributed by atoms with Crippen molar-refractivity contribution in [3.8, 4) is 22.5 Å². The standard InChI is InChI=1S/C20H16N4O2/c1-2-26-20(25)19-17(18(23-24-19)16-9-5-6-11-21-16)14-10-12-22-15-8-4-3-7-13(14)15/h3-12H,2H2,1H3,(H,23,24). The van der Waals surface area contributed by atoms with Crippen LogP contribution in [-0.4, -0.2) is 32.7 Å². The van der Waals surface area contributed by atoms with Crippen molar-refractivity contribution in [1.82, 2.24) is 20.2 Å². The molecule has 1 N–H and O–H groups in total. The molecule has 4 aromatic rings. The lowest BCUT2D eigenvalue weighted by Crippen LogP contribution is -2.07. The number of aromatic nitrogens is 4. The number of benzene rings is 1. The number of esters is 1. The Hall–Kier alpha value is -3.54. The SMILES string of the molecule is CCOC(=O)c1n[nH]c(-c2ccccn2)c1-c1ccnc2ccccc12. The van der Waals surface area contributed by atoms with Crippen molar-refractivity contribution in [3.05, 3.63) is 66.6 Å². The van der Waals surface area contributed by atoms with Crippen LogP contribution in [0.25, 0.3) is 33.4 Å². The van der Waals surface area contributed by atoms with E-state index in [-0.39, 0.29) is 12.3 Å². The molecule has 0 unspecified atom stereocenters. The summed E-state index contributed by atoms with van der Waals surface area (Å²) in [6.07, 6.45) is 3.43. The maximum atomic E-state index is 12.5. The topological polar surface area (TPSA) is 80.8 Å². The second-order valence-electron chi connectivity index (χ2n) is 5.63. The number of aromatic amines is 1. The third kappa shape index (κ3) is 2.71. The van der Waals surface area contributed by atoms with Crippen molar-refractivity contribution < 1.29 is 9.53 Å². The average molecular weight is 344 g/mol. The molecular formula is C20H16N4O2. The highest BCUT2D eigenvalue weighted by molar-refractivity contribution is 6.05. The van der Waals surface area contributed by atoms with E-state index in [1.54, 1.807) is 19.3 Å². The molecule has 0 fully saturated rings. The van der Waals surface area contributed by atoms with E-state index in [9.17, 15) is 4.79 Å². The molecule has 0 aliphatic heterocycles. The summed E-state index contributed by atoms with van der Waals surface area (Å²) in [5.74, 6) is -0.471. The molecule has 0 bridgehead atoms. The van der Waals surface area contributed by atoms with Gasteiger partial charge in [-0.3, -0.25) is 15.1 Å². The number of para-hydroxylation sites is 1. The third-order valence-electron chi connectivity index (χ3n) is 4.07. The quantitative estimate of drug-likeness (QED) is 0.569. The molecule has 0 spiro atoms. The number of nitrogens with zero attached hydrogens (tertiary/aromatic N) is 3. The van der Waals surface area contributed by atoms with E-state index in [1.165, 1.54) is 0 Å². The van der Waals surface area contributed by atoms with Gasteiger partial charge in [-0.15, -0.1) is 0 Å². The van der Waals surface area contributed by atoms with Crippen molar-refractivity contribution in [2.24, 2.45) is 0 Å². The Bertz CT molecular complexity index is 1070. The molecule has 0 aliphatic rings. The van der Waals surface area contributed by atoms with Gasteiger partial charge in [0.1, 0.15) is 0 Å². The van der Waals surface area contributed by atoms with Gasteiger partial charge in [-0.1, -0.05) is 24.3 Å². The molecule has 26 heavy (non-hydrogen) atoms. The first-order valence-corrected chi connectivity index (χ1v) is 8.30. The number of rotatable bonds is 4. The third-order valence-corrected chi connectivity index (χ3v) is 4.07. The van der Waals surface area contributed by atoms with Crippen LogP contribution in [0.4, 0.5) is 0 Å². The maximum absolute atomic E-state index is 12.5. The molecule has 3 heterocycles. The van der Waals surface area contributed by atoms with Crippen LogP contribution >= 0.6 is 0 Å². The van der Waals surface area contributed by atoms with E-state index < -0.39 is 5.97 Å². The van der Waals surface area contributed by atoms with Gasteiger partial charge in [0.15, 0.2) is 5.69 Å². The van der Waals surface area contributed by atoms with Crippen molar-refractivity contribution >= 4 is 16.9 Å². The minimum absolute atomic E-state index is 0.240. The zero-order chi connectivity index (χ0) is 17.9. The van der Waals surface area contributed by atoms with Crippen LogP contribution in [0.1, 0.15) is 17.4 Å². The monoisotopic (exact) mass is 344 g/mol. The van der Waals surface area contributed by atoms with Crippen LogP contribution in [0.2, 0.25) is 0 Å². The molecule has 0 saturated heterocycles. The number of hydrogen-bond acceptors (Lipinski definition) is 5. The average Bonchev–Trinajstić information content (AvgIpc) is 3.13. The predicted molar refractivity (Wildman–Crippen MR) is 98.5 cm³/mol. The molecule has 6 nitrogen and oxygen atoms in total. The van der Waals surface area contributed by atoms with Gasteiger partial charge >= 0.3 is 5.97 Å². The van der Waals surface area contributed by atoms with E-state index in [1.807, 2.05) is 48.5 Å². The number of nitrogens with one attached hydrogen (secondary N) is 1. The van der Waals surface area contributed by atoms with Crippen LogP contribution in [0.3, 0.4) is 0 Å². The minimum Gasteiger partial charge on any atom is -0.461 e. The van der Waals surface area contributed by atoms with Crippen molar-refractivity contribution in [2.45, 2.75) is 6.92 Å². The van der Waals surface area contributed by atoms with Crippen LogP contribution in [0.15, 0.2) is 60.9 Å². The Morgan fingerprint density at radius 1 is 1.04 bits per heavy atom. The van der Waals surface area contributed by atoms with Gasteiger partial charge in [0.05, 0.1) is 23.5 Å². The van der Waals surface area contributed by atoms with Gasteiger partial charge in [0, 0.05) is 23.3 Å². The Labute approximate surface area is 149 Å². The molecule has 0 radical (unpaired) electrons. The van der Waals surface area contributed by atoms with E-state index in [2.05, 4.69) is 20.2 Å². The lowest BCUT2D eigenvalue weighted by molar-refractivity contribution is 0.0520. The Morgan fingerprint density at radius 2 is 1.88 bits per heavy atom. The summed E-state index contributed by atoms with van der Waals surface area (Å²) >= 11 is 0. The van der Waals surface area contributed by atoms with E-state index >= 15 is 0 Å². The van der Waals surface area contributed by atoms with Crippen LogP contribution < -0.4 is 0 Å². The second-order valence-corrected chi connectivity index (χ2v) is 5.63. The summed E-state index contributed by atoms with van der Waals surface area (Å²) in [6, 6.07) is 15.3. The van der Waals surface area contributed by atoms with Gasteiger partial charge in [0.25, 0.3) is 0 Å². The number of H-pyrrole nitrogens is 1. The molecule has 0 aliphatic carbocycles. The molecule has 0 amide bonds. The number of carbonyl (C=O) groups is 1. The first-order valence-electron chi connectivity index (χ1n) is 8.30. The molecular weight excluding hydrogens is 328 g/mol. The number of carbonyl (C=O) groups excluding carboxylic acids is 1. The minimum atomic E-state index is -0.471. The van der Waals surface area contributed by atoms with Gasteiger partial charge in [-0.2, -0.15) is 5.10 Å². The van der Waals surface area contributed by atoms with E-state index in [0.717, 1.165) is 16.5 Å². The normalized spacial score (nSPS) is 10.8. The van der Waals surface area contributed by atoms with Gasteiger partial charge in [-0.05, 0) is 36.8 Å². The van der Waals surface area contributed by atoms with Gasteiger partial charge in [0.2, 0.25) is 0 Å². The molecule has 1 aromatic carbocycles. The zero-order valence-electron chi connectivity index (χ0n) is 14.1. The molecule has 6 heteroatoms. The zero-order valence-corrected chi connectivity index (χ0v) is 14.1. The number of ether oxygens (including phenoxy) is 1. The number of fused-ring (bicyclic) bond motifs is 1. The van der Waals surface area contributed by atoms with E-state index in [0.29, 0.717) is 17.0 Å². The summed E-state index contributed by atoms with van der Waals surface area (Å²) in [5.41, 5.74) is 3.97. The molecule has 128 valence electrons. The van der Waals surface area contributed by atoms with Crippen LogP contribution in [0, 0.1) is 0 Å². The summed E-state index contributed by atoms with van der Waals surface area (Å²) in [7, 11) is 0. The first-order chi connectivity index (χ1) is 12.8. The highest BCUT2D eigenvalue weighted by atomic mass is 16.5. The lowest BCUT2D eigenvalue weighted by Gasteiger charge is -2.09. The van der Waals surface area contributed by atoms with Gasteiger partial charge < -0.3 is 4.74 Å². The summed E-state index contributed by atoms with van der Waals surface area (Å²) in [6.45, 7) is 2.05. The number of pyridine rings is 2. The van der Waals surface area contributed by atoms with Crippen LogP contribution in [-0.2, 0) is 4.74 Å². The number of hydrogen-bond donors (Lipinski definition) is 1. The summed E-state index contributed by atoms with van der Waals surface area (Å²) in [4.78, 5) is 21.3. The second kappa shape index (κ2) is 6.76. The Morgan fingerprint density at radius 3 is 2.69 bits per heavy atom. The molecule has 3 aromatic heterocycles. The van der Waals surface area contributed by atoms with Gasteiger partial charge in [-0.25, -0.2) is 4.79 Å². The predicted octanol–water partition coefficient (Wildman–Crippen LogP) is 3.86. The Kier molecular flexibility index (Phi) is 4.15. The van der Waals surface area contributed by atoms with E-state index in [4.69, 9.17) is 4.74 Å². The smallest absolute Gasteiger partial charge is 0.359 e. The highest BCUT2D eigenvalue weighted by Crippen LogP contribution is 2.36. The largest absolute Gasteiger partial charge is 0.461 e. The van der Waals surface area contributed by atoms with Crippen LogP contribution in [0.5, 0.6) is 0 Å². The first kappa shape index (κ1) is 16.0. The fourth-order valence-electron chi connectivity index (χ4n) is 2.96. The lowest BCUT2D eigenvalue weighted by atomic mass is 9.97. The van der Waals surface area contributed by atoms with Crippen molar-refractivity contribution in [1.29, 1.82) is 0 Å². The molecule has 4 rings (SSSR count).